The first-order chi connectivity index (χ1) is 6.02. The third-order valence-corrected chi connectivity index (χ3v) is 1.93. The molecule has 0 bridgehead atoms. The van der Waals surface area contributed by atoms with Gasteiger partial charge in [-0.25, -0.2) is 0 Å². The highest BCUT2D eigenvalue weighted by atomic mass is 79.9. The van der Waals surface area contributed by atoms with Crippen LogP contribution in [0.1, 0.15) is 18.7 Å². The van der Waals surface area contributed by atoms with E-state index in [4.69, 9.17) is 5.73 Å². The molecule has 0 radical (unpaired) electrons. The van der Waals surface area contributed by atoms with Crippen LogP contribution < -0.4 is 5.73 Å². The smallest absolute Gasteiger partial charge is 0.293 e. The highest BCUT2D eigenvalue weighted by Gasteiger charge is 2.18. The molecule has 1 atom stereocenters. The van der Waals surface area contributed by atoms with Gasteiger partial charge in [0.2, 0.25) is 0 Å². The molecule has 1 rings (SSSR count). The Morgan fingerprint density at radius 1 is 1.77 bits per heavy atom. The summed E-state index contributed by atoms with van der Waals surface area (Å²) in [5, 5.41) is 10.6. The maximum absolute atomic E-state index is 10.6. The first-order valence-corrected chi connectivity index (χ1v) is 4.37. The van der Waals surface area contributed by atoms with Gasteiger partial charge in [-0.2, -0.15) is 0 Å². The van der Waals surface area contributed by atoms with Gasteiger partial charge in [-0.1, -0.05) is 0 Å². The van der Waals surface area contributed by atoms with Gasteiger partial charge in [-0.15, -0.1) is 0 Å². The number of hydrogen-bond acceptors (Lipinski definition) is 4. The molecule has 1 aromatic rings. The maximum atomic E-state index is 10.6. The third kappa shape index (κ3) is 2.22. The number of aromatic nitrogens is 1. The van der Waals surface area contributed by atoms with E-state index < -0.39 is 11.0 Å². The summed E-state index contributed by atoms with van der Waals surface area (Å²) in [6.07, 6.45) is 1.49. The molecule has 0 aliphatic rings. The molecule has 2 N–H and O–H groups in total. The van der Waals surface area contributed by atoms with Gasteiger partial charge in [0.05, 0.1) is 11.0 Å². The summed E-state index contributed by atoms with van der Waals surface area (Å²) in [5.41, 5.74) is 5.77. The van der Waals surface area contributed by atoms with E-state index in [0.29, 0.717) is 10.2 Å². The monoisotopic (exact) mass is 245 g/mol. The molecule has 0 spiro atoms. The van der Waals surface area contributed by atoms with Crippen LogP contribution >= 0.6 is 15.9 Å². The lowest BCUT2D eigenvalue weighted by Crippen LogP contribution is -2.10. The van der Waals surface area contributed by atoms with Gasteiger partial charge in [0.1, 0.15) is 5.69 Å². The number of nitrogens with zero attached hydrogens (tertiary/aromatic N) is 2. The minimum Gasteiger partial charge on any atom is -0.323 e. The van der Waals surface area contributed by atoms with Crippen molar-refractivity contribution >= 4 is 21.6 Å². The van der Waals surface area contributed by atoms with Crippen LogP contribution in [0, 0.1) is 10.1 Å². The average Bonchev–Trinajstić information content (AvgIpc) is 2.03. The topological polar surface area (TPSA) is 82.0 Å². The Hall–Kier alpha value is -1.01. The summed E-state index contributed by atoms with van der Waals surface area (Å²) < 4.78 is 0.573. The maximum Gasteiger partial charge on any atom is 0.293 e. The second-order valence-corrected chi connectivity index (χ2v) is 3.52. The Morgan fingerprint density at radius 3 is 2.85 bits per heavy atom. The number of pyridine rings is 1. The molecule has 6 heteroatoms. The van der Waals surface area contributed by atoms with E-state index in [0.717, 1.165) is 0 Å². The fourth-order valence-corrected chi connectivity index (χ4v) is 1.26. The summed E-state index contributed by atoms with van der Waals surface area (Å²) >= 11 is 3.11. The molecule has 0 unspecified atom stereocenters. The first kappa shape index (κ1) is 10.1. The summed E-state index contributed by atoms with van der Waals surface area (Å²) in [6, 6.07) is 0.958. The lowest BCUT2D eigenvalue weighted by Gasteiger charge is -2.04. The van der Waals surface area contributed by atoms with Crippen LogP contribution in [0.5, 0.6) is 0 Å². The van der Waals surface area contributed by atoms with E-state index >= 15 is 0 Å². The van der Waals surface area contributed by atoms with Crippen LogP contribution in [0.2, 0.25) is 0 Å². The van der Waals surface area contributed by atoms with Crippen molar-refractivity contribution in [2.45, 2.75) is 13.0 Å². The molecule has 0 fully saturated rings. The quantitative estimate of drug-likeness (QED) is 0.636. The second kappa shape index (κ2) is 3.80. The predicted octanol–water partition coefficient (Wildman–Crippen LogP) is 1.77. The number of nitrogens with two attached hydrogens (primary N) is 1. The predicted molar refractivity (Wildman–Crippen MR) is 51.2 cm³/mol. The number of hydrogen-bond donors (Lipinski definition) is 1. The van der Waals surface area contributed by atoms with Crippen molar-refractivity contribution in [3.63, 3.8) is 0 Å². The average molecular weight is 246 g/mol. The zero-order valence-electron chi connectivity index (χ0n) is 6.90. The van der Waals surface area contributed by atoms with Crippen LogP contribution in [-0.4, -0.2) is 9.91 Å². The Morgan fingerprint density at radius 2 is 2.38 bits per heavy atom. The fraction of sp³-hybridized carbons (Fsp3) is 0.286. The zero-order chi connectivity index (χ0) is 10.0. The number of rotatable bonds is 2. The molecule has 70 valence electrons. The van der Waals surface area contributed by atoms with Gasteiger partial charge in [-0.05, 0) is 22.9 Å². The summed E-state index contributed by atoms with van der Waals surface area (Å²) in [6.45, 7) is 1.66. The Bertz CT molecular complexity index is 341. The van der Waals surface area contributed by atoms with Crippen LogP contribution in [-0.2, 0) is 0 Å². The Kier molecular flexibility index (Phi) is 2.94. The van der Waals surface area contributed by atoms with Gasteiger partial charge in [0.15, 0.2) is 0 Å². The molecular weight excluding hydrogens is 238 g/mol. The molecule has 0 aromatic carbocycles. The van der Waals surface area contributed by atoms with Crippen LogP contribution in [0.3, 0.4) is 0 Å². The molecule has 13 heavy (non-hydrogen) atoms. The van der Waals surface area contributed by atoms with Crippen molar-refractivity contribution in [3.8, 4) is 0 Å². The van der Waals surface area contributed by atoms with Crippen molar-refractivity contribution in [1.29, 1.82) is 0 Å². The SMILES string of the molecule is C[C@H](N)c1ncc(Br)cc1[N+](=O)[O-]. The zero-order valence-corrected chi connectivity index (χ0v) is 8.48. The van der Waals surface area contributed by atoms with Crippen LogP contribution in [0.15, 0.2) is 16.7 Å². The standard InChI is InChI=1S/C7H8BrN3O2/c1-4(9)7-6(11(12)13)2-5(8)3-10-7/h2-4H,9H2,1H3/t4-/m0/s1. The molecule has 0 aliphatic heterocycles. The largest absolute Gasteiger partial charge is 0.323 e. The highest BCUT2D eigenvalue weighted by Crippen LogP contribution is 2.24. The molecule has 1 aromatic heterocycles. The highest BCUT2D eigenvalue weighted by molar-refractivity contribution is 9.10. The second-order valence-electron chi connectivity index (χ2n) is 2.60. The third-order valence-electron chi connectivity index (χ3n) is 1.49. The minimum atomic E-state index is -0.490. The summed E-state index contributed by atoms with van der Waals surface area (Å²) in [5.74, 6) is 0. The Labute approximate surface area is 83.2 Å². The van der Waals surface area contributed by atoms with Crippen LogP contribution in [0.4, 0.5) is 5.69 Å². The van der Waals surface area contributed by atoms with Gasteiger partial charge in [0, 0.05) is 16.7 Å². The van der Waals surface area contributed by atoms with Crippen molar-refractivity contribution in [2.24, 2.45) is 5.73 Å². The summed E-state index contributed by atoms with van der Waals surface area (Å²) in [7, 11) is 0. The molecular formula is C7H8BrN3O2. The van der Waals surface area contributed by atoms with E-state index in [9.17, 15) is 10.1 Å². The lowest BCUT2D eigenvalue weighted by molar-refractivity contribution is -0.386. The first-order valence-electron chi connectivity index (χ1n) is 3.57. The van der Waals surface area contributed by atoms with E-state index in [2.05, 4.69) is 20.9 Å². The molecule has 0 amide bonds. The van der Waals surface area contributed by atoms with Gasteiger partial charge in [-0.3, -0.25) is 15.1 Å². The van der Waals surface area contributed by atoms with Gasteiger partial charge >= 0.3 is 0 Å². The fourth-order valence-electron chi connectivity index (χ4n) is 0.936. The molecule has 0 saturated carbocycles. The molecule has 0 aliphatic carbocycles. The summed E-state index contributed by atoms with van der Waals surface area (Å²) in [4.78, 5) is 14.0. The normalized spacial score (nSPS) is 12.5. The van der Waals surface area contributed by atoms with Crippen LogP contribution in [0.25, 0.3) is 0 Å². The molecule has 0 saturated heterocycles. The number of nitro groups is 1. The van der Waals surface area contributed by atoms with E-state index in [1.54, 1.807) is 6.92 Å². The number of halogens is 1. The van der Waals surface area contributed by atoms with E-state index in [1.807, 2.05) is 0 Å². The molecule has 5 nitrogen and oxygen atoms in total. The molecule has 1 heterocycles. The van der Waals surface area contributed by atoms with E-state index in [1.165, 1.54) is 12.3 Å². The van der Waals surface area contributed by atoms with Crippen molar-refractivity contribution < 1.29 is 4.92 Å². The van der Waals surface area contributed by atoms with Crippen molar-refractivity contribution in [2.75, 3.05) is 0 Å². The lowest BCUT2D eigenvalue weighted by atomic mass is 10.2. The van der Waals surface area contributed by atoms with Crippen molar-refractivity contribution in [3.05, 3.63) is 32.5 Å². The van der Waals surface area contributed by atoms with E-state index in [-0.39, 0.29) is 5.69 Å². The minimum absolute atomic E-state index is 0.0515. The van der Waals surface area contributed by atoms with Gasteiger partial charge < -0.3 is 5.73 Å². The Balaban J connectivity index is 3.27. The van der Waals surface area contributed by atoms with Gasteiger partial charge in [0.25, 0.3) is 5.69 Å². The van der Waals surface area contributed by atoms with Crippen molar-refractivity contribution in [1.82, 2.24) is 4.98 Å².